The molecule has 0 saturated heterocycles. The number of fused-ring (bicyclic) bond motifs is 1. The van der Waals surface area contributed by atoms with Gasteiger partial charge in [0.1, 0.15) is 0 Å². The summed E-state index contributed by atoms with van der Waals surface area (Å²) in [5.74, 6) is 0. The Balaban J connectivity index is 1.92. The normalized spacial score (nSPS) is 10.3. The van der Waals surface area contributed by atoms with Crippen molar-refractivity contribution in [2.75, 3.05) is 5.32 Å². The van der Waals surface area contributed by atoms with Gasteiger partial charge in [-0.05, 0) is 48.9 Å². The summed E-state index contributed by atoms with van der Waals surface area (Å²) in [4.78, 5) is 4.26. The molecule has 1 aromatic heterocycles. The first-order valence-corrected chi connectivity index (χ1v) is 6.75. The van der Waals surface area contributed by atoms with Crippen LogP contribution in [0.1, 0.15) is 11.1 Å². The van der Waals surface area contributed by atoms with Crippen molar-refractivity contribution in [1.29, 1.82) is 5.26 Å². The molecule has 3 rings (SSSR count). The van der Waals surface area contributed by atoms with Crippen molar-refractivity contribution in [3.8, 4) is 6.07 Å². The Kier molecular flexibility index (Phi) is 2.90. The lowest BCUT2D eigenvalue weighted by Gasteiger charge is -2.08. The minimum Gasteiger partial charge on any atom is -0.355 e. The van der Waals surface area contributed by atoms with Gasteiger partial charge in [0.15, 0.2) is 0 Å². The number of aryl methyl sites for hydroxylation is 1. The Morgan fingerprint density at radius 2 is 1.95 bits per heavy atom. The lowest BCUT2D eigenvalue weighted by Crippen LogP contribution is -1.91. The van der Waals surface area contributed by atoms with E-state index in [4.69, 9.17) is 5.26 Å². The first-order valence-electron chi connectivity index (χ1n) is 5.87. The second-order valence-corrected chi connectivity index (χ2v) is 5.19. The summed E-state index contributed by atoms with van der Waals surface area (Å²) >= 11 is 1.63. The molecule has 0 saturated carbocycles. The quantitative estimate of drug-likeness (QED) is 0.754. The molecule has 0 atom stereocenters. The van der Waals surface area contributed by atoms with E-state index < -0.39 is 0 Å². The third-order valence-electron chi connectivity index (χ3n) is 2.97. The minimum atomic E-state index is 0.712. The smallest absolute Gasteiger partial charge is 0.0994 e. The highest BCUT2D eigenvalue weighted by atomic mass is 32.1. The molecule has 4 heteroatoms. The van der Waals surface area contributed by atoms with Crippen LogP contribution in [0.5, 0.6) is 0 Å². The largest absolute Gasteiger partial charge is 0.355 e. The summed E-state index contributed by atoms with van der Waals surface area (Å²) in [6.45, 7) is 1.94. The lowest BCUT2D eigenvalue weighted by molar-refractivity contribution is 1.39. The van der Waals surface area contributed by atoms with Gasteiger partial charge in [0.05, 0.1) is 27.4 Å². The van der Waals surface area contributed by atoms with Crippen molar-refractivity contribution in [2.45, 2.75) is 6.92 Å². The van der Waals surface area contributed by atoms with Crippen molar-refractivity contribution >= 4 is 32.9 Å². The summed E-state index contributed by atoms with van der Waals surface area (Å²) < 4.78 is 1.16. The van der Waals surface area contributed by atoms with Gasteiger partial charge in [-0.15, -0.1) is 11.3 Å². The van der Waals surface area contributed by atoms with Gasteiger partial charge in [-0.25, -0.2) is 4.98 Å². The topological polar surface area (TPSA) is 48.7 Å². The number of thiazole rings is 1. The molecule has 3 nitrogen and oxygen atoms in total. The van der Waals surface area contributed by atoms with Crippen molar-refractivity contribution < 1.29 is 0 Å². The lowest BCUT2D eigenvalue weighted by atomic mass is 10.1. The second-order valence-electron chi connectivity index (χ2n) is 4.30. The van der Waals surface area contributed by atoms with Gasteiger partial charge in [-0.1, -0.05) is 0 Å². The number of anilines is 2. The van der Waals surface area contributed by atoms with Crippen LogP contribution in [0.15, 0.2) is 41.9 Å². The molecule has 0 unspecified atom stereocenters. The maximum absolute atomic E-state index is 8.92. The maximum Gasteiger partial charge on any atom is 0.0994 e. The molecule has 19 heavy (non-hydrogen) atoms. The van der Waals surface area contributed by atoms with Crippen LogP contribution in [-0.2, 0) is 0 Å². The molecule has 0 amide bonds. The van der Waals surface area contributed by atoms with E-state index >= 15 is 0 Å². The first-order chi connectivity index (χ1) is 9.26. The predicted octanol–water partition coefficient (Wildman–Crippen LogP) is 4.22. The predicted molar refractivity (Wildman–Crippen MR) is 78.8 cm³/mol. The average Bonchev–Trinajstić information content (AvgIpc) is 2.86. The number of nitrogens with one attached hydrogen (secondary N) is 1. The van der Waals surface area contributed by atoms with Gasteiger partial charge in [-0.3, -0.25) is 0 Å². The van der Waals surface area contributed by atoms with E-state index in [0.29, 0.717) is 5.56 Å². The third-order valence-corrected chi connectivity index (χ3v) is 3.76. The van der Waals surface area contributed by atoms with Crippen molar-refractivity contribution in [3.05, 3.63) is 53.0 Å². The minimum absolute atomic E-state index is 0.712. The van der Waals surface area contributed by atoms with Crippen LogP contribution in [0.25, 0.3) is 10.2 Å². The standard InChI is InChI=1S/C15H11N3S/c1-10-6-12(3-2-11(10)8-16)18-13-4-5-14-15(7-13)19-9-17-14/h2-7,9,18H,1H3. The summed E-state index contributed by atoms with van der Waals surface area (Å²) in [6, 6.07) is 14.0. The number of nitriles is 1. The van der Waals surface area contributed by atoms with E-state index in [9.17, 15) is 0 Å². The van der Waals surface area contributed by atoms with E-state index in [2.05, 4.69) is 22.4 Å². The molecule has 3 aromatic rings. The monoisotopic (exact) mass is 265 g/mol. The van der Waals surface area contributed by atoms with Gasteiger partial charge in [-0.2, -0.15) is 5.26 Å². The van der Waals surface area contributed by atoms with Gasteiger partial charge in [0, 0.05) is 11.4 Å². The van der Waals surface area contributed by atoms with Crippen LogP contribution in [0, 0.1) is 18.3 Å². The van der Waals surface area contributed by atoms with E-state index in [-0.39, 0.29) is 0 Å². The zero-order valence-corrected chi connectivity index (χ0v) is 11.2. The Bertz CT molecular complexity index is 783. The molecular weight excluding hydrogens is 254 g/mol. The van der Waals surface area contributed by atoms with Gasteiger partial charge < -0.3 is 5.32 Å². The molecule has 1 N–H and O–H groups in total. The van der Waals surface area contributed by atoms with Crippen molar-refractivity contribution in [3.63, 3.8) is 0 Å². The van der Waals surface area contributed by atoms with E-state index in [1.807, 2.05) is 42.8 Å². The molecular formula is C15H11N3S. The van der Waals surface area contributed by atoms with E-state index in [0.717, 1.165) is 27.2 Å². The fourth-order valence-electron chi connectivity index (χ4n) is 1.97. The average molecular weight is 265 g/mol. The highest BCUT2D eigenvalue weighted by Crippen LogP contribution is 2.25. The number of rotatable bonds is 2. The Labute approximate surface area is 115 Å². The fraction of sp³-hybridized carbons (Fsp3) is 0.0667. The number of benzene rings is 2. The highest BCUT2D eigenvalue weighted by Gasteiger charge is 2.02. The van der Waals surface area contributed by atoms with Gasteiger partial charge in [0.25, 0.3) is 0 Å². The van der Waals surface area contributed by atoms with Gasteiger partial charge in [0.2, 0.25) is 0 Å². The van der Waals surface area contributed by atoms with Crippen molar-refractivity contribution in [1.82, 2.24) is 4.98 Å². The molecule has 0 bridgehead atoms. The second kappa shape index (κ2) is 4.71. The van der Waals surface area contributed by atoms with Crippen LogP contribution < -0.4 is 5.32 Å². The summed E-state index contributed by atoms with van der Waals surface area (Å²) in [7, 11) is 0. The Morgan fingerprint density at radius 3 is 2.74 bits per heavy atom. The fourth-order valence-corrected chi connectivity index (χ4v) is 2.68. The van der Waals surface area contributed by atoms with Crippen LogP contribution in [0.4, 0.5) is 11.4 Å². The number of hydrogen-bond donors (Lipinski definition) is 1. The Hall–Kier alpha value is -2.38. The molecule has 0 spiro atoms. The zero-order valence-electron chi connectivity index (χ0n) is 10.3. The molecule has 0 aliphatic carbocycles. The summed E-state index contributed by atoms with van der Waals surface area (Å²) in [5.41, 5.74) is 6.57. The number of hydrogen-bond acceptors (Lipinski definition) is 4. The maximum atomic E-state index is 8.92. The summed E-state index contributed by atoms with van der Waals surface area (Å²) in [5, 5.41) is 12.3. The van der Waals surface area contributed by atoms with Crippen molar-refractivity contribution in [2.24, 2.45) is 0 Å². The van der Waals surface area contributed by atoms with Crippen LogP contribution in [-0.4, -0.2) is 4.98 Å². The molecule has 1 heterocycles. The molecule has 0 radical (unpaired) electrons. The molecule has 92 valence electrons. The van der Waals surface area contributed by atoms with E-state index in [1.165, 1.54) is 0 Å². The molecule has 2 aromatic carbocycles. The molecule has 0 aliphatic heterocycles. The van der Waals surface area contributed by atoms with Crippen LogP contribution in [0.2, 0.25) is 0 Å². The SMILES string of the molecule is Cc1cc(Nc2ccc3ncsc3c2)ccc1C#N. The number of aromatic nitrogens is 1. The van der Waals surface area contributed by atoms with E-state index in [1.54, 1.807) is 11.3 Å². The summed E-state index contributed by atoms with van der Waals surface area (Å²) in [6.07, 6.45) is 0. The molecule has 0 fully saturated rings. The highest BCUT2D eigenvalue weighted by molar-refractivity contribution is 7.16. The Morgan fingerprint density at radius 1 is 1.16 bits per heavy atom. The third kappa shape index (κ3) is 2.28. The van der Waals surface area contributed by atoms with Crippen LogP contribution >= 0.6 is 11.3 Å². The zero-order chi connectivity index (χ0) is 13.2. The van der Waals surface area contributed by atoms with Gasteiger partial charge >= 0.3 is 0 Å². The van der Waals surface area contributed by atoms with Crippen LogP contribution in [0.3, 0.4) is 0 Å². The number of nitrogens with zero attached hydrogens (tertiary/aromatic N) is 2. The molecule has 0 aliphatic rings. The first kappa shape index (κ1) is 11.7.